The van der Waals surface area contributed by atoms with Gasteiger partial charge in [-0.3, -0.25) is 0 Å². The highest BCUT2D eigenvalue weighted by molar-refractivity contribution is 5.53. The highest BCUT2D eigenvalue weighted by Crippen LogP contribution is 1.73. The SMILES string of the molecule is O=C(O)O.O=NOON=O. The quantitative estimate of drug-likeness (QED) is 0.261. The smallest absolute Gasteiger partial charge is 0.450 e. The highest BCUT2D eigenvalue weighted by atomic mass is 17.3. The molecule has 0 spiro atoms. The molecule has 0 fully saturated rings. The first-order valence-electron chi connectivity index (χ1n) is 1.55. The third-order valence-electron chi connectivity index (χ3n) is 0.0942. The Morgan fingerprint density at radius 3 is 1.40 bits per heavy atom. The zero-order valence-electron chi connectivity index (χ0n) is 4.33. The second-order valence-corrected chi connectivity index (χ2v) is 0.581. The van der Waals surface area contributed by atoms with Gasteiger partial charge in [-0.1, -0.05) is 0 Å². The van der Waals surface area contributed by atoms with Gasteiger partial charge in [0.25, 0.3) is 0 Å². The van der Waals surface area contributed by atoms with Crippen LogP contribution in [0.25, 0.3) is 0 Å². The minimum absolute atomic E-state index is 1.66. The molecule has 0 saturated heterocycles. The van der Waals surface area contributed by atoms with Crippen LogP contribution in [0.1, 0.15) is 0 Å². The molecule has 0 amide bonds. The van der Waals surface area contributed by atoms with E-state index in [9.17, 15) is 0 Å². The maximum absolute atomic E-state index is 8.77. The van der Waals surface area contributed by atoms with Crippen LogP contribution < -0.4 is 0 Å². The second kappa shape index (κ2) is 10.1. The van der Waals surface area contributed by atoms with Crippen molar-refractivity contribution in [1.29, 1.82) is 0 Å². The first-order chi connectivity index (χ1) is 4.65. The third kappa shape index (κ3) is 136. The van der Waals surface area contributed by atoms with Gasteiger partial charge in [-0.25, -0.2) is 4.79 Å². The Labute approximate surface area is 52.9 Å². The standard InChI is InChI=1S/CH2O3.N2O4/c2-1(3)4;3-1-5-6-2-4/h(H2,2,3,4);. The largest absolute Gasteiger partial charge is 0.503 e. The number of hydrogen-bond donors (Lipinski definition) is 2. The van der Waals surface area contributed by atoms with E-state index in [-0.39, 0.29) is 0 Å². The monoisotopic (exact) mass is 154 g/mol. The number of carbonyl (C=O) groups is 1. The fourth-order valence-corrected chi connectivity index (χ4v) is 0.0272. The van der Waals surface area contributed by atoms with Crippen molar-refractivity contribution in [3.8, 4) is 0 Å². The van der Waals surface area contributed by atoms with Crippen LogP contribution in [0.2, 0.25) is 0 Å². The molecule has 9 heteroatoms. The van der Waals surface area contributed by atoms with Gasteiger partial charge in [-0.05, 0) is 0 Å². The van der Waals surface area contributed by atoms with E-state index in [1.807, 2.05) is 0 Å². The van der Waals surface area contributed by atoms with Gasteiger partial charge in [0, 0.05) is 0 Å². The summed E-state index contributed by atoms with van der Waals surface area (Å²) in [5.74, 6) is 0. The van der Waals surface area contributed by atoms with Gasteiger partial charge >= 0.3 is 6.16 Å². The lowest BCUT2D eigenvalue weighted by Gasteiger charge is -1.72. The molecule has 0 unspecified atom stereocenters. The molecule has 0 aliphatic heterocycles. The fourth-order valence-electron chi connectivity index (χ4n) is 0.0272. The van der Waals surface area contributed by atoms with Crippen molar-refractivity contribution in [2.24, 2.45) is 10.7 Å². The van der Waals surface area contributed by atoms with Gasteiger partial charge in [0.05, 0.1) is 0 Å². The zero-order valence-corrected chi connectivity index (χ0v) is 4.33. The van der Waals surface area contributed by atoms with Gasteiger partial charge in [0.2, 0.25) is 10.7 Å². The minimum atomic E-state index is -1.83. The van der Waals surface area contributed by atoms with Crippen LogP contribution in [0.5, 0.6) is 0 Å². The molecule has 0 aromatic carbocycles. The predicted molar refractivity (Wildman–Crippen MR) is 24.4 cm³/mol. The average Bonchev–Trinajstić information content (AvgIpc) is 1.82. The molecule has 0 rings (SSSR count). The number of nitrogens with zero attached hydrogens (tertiary/aromatic N) is 2. The number of carboxylic acid groups (broad SMARTS) is 2. The first-order valence-corrected chi connectivity index (χ1v) is 1.55. The Kier molecular flexibility index (Phi) is 11.1. The molecule has 0 aromatic rings. The van der Waals surface area contributed by atoms with Crippen LogP contribution in [0.3, 0.4) is 0 Å². The van der Waals surface area contributed by atoms with Crippen molar-refractivity contribution in [3.05, 3.63) is 9.81 Å². The molecule has 0 atom stereocenters. The molecule has 10 heavy (non-hydrogen) atoms. The molecule has 0 saturated carbocycles. The summed E-state index contributed by atoms with van der Waals surface area (Å²) in [5.41, 5.74) is 0. The lowest BCUT2D eigenvalue weighted by molar-refractivity contribution is -0.300. The number of hydrogen-bond acceptors (Lipinski definition) is 7. The van der Waals surface area contributed by atoms with Crippen molar-refractivity contribution in [2.75, 3.05) is 0 Å². The Morgan fingerprint density at radius 1 is 1.10 bits per heavy atom. The van der Waals surface area contributed by atoms with Gasteiger partial charge in [0.1, 0.15) is 0 Å². The van der Waals surface area contributed by atoms with E-state index < -0.39 is 6.16 Å². The van der Waals surface area contributed by atoms with Crippen molar-refractivity contribution in [3.63, 3.8) is 0 Å². The van der Waals surface area contributed by atoms with E-state index in [0.717, 1.165) is 0 Å². The van der Waals surface area contributed by atoms with E-state index in [1.54, 1.807) is 10.7 Å². The van der Waals surface area contributed by atoms with Crippen LogP contribution in [-0.2, 0) is 9.98 Å². The van der Waals surface area contributed by atoms with Gasteiger partial charge in [-0.15, -0.1) is 19.8 Å². The van der Waals surface area contributed by atoms with Crippen molar-refractivity contribution in [2.45, 2.75) is 0 Å². The summed E-state index contributed by atoms with van der Waals surface area (Å²) in [6, 6.07) is 0. The van der Waals surface area contributed by atoms with E-state index in [1.165, 1.54) is 0 Å². The topological polar surface area (TPSA) is 135 Å². The van der Waals surface area contributed by atoms with E-state index in [4.69, 9.17) is 24.8 Å². The maximum atomic E-state index is 8.77. The summed E-state index contributed by atoms with van der Waals surface area (Å²) in [4.78, 5) is 32.2. The van der Waals surface area contributed by atoms with Crippen molar-refractivity contribution in [1.82, 2.24) is 0 Å². The summed E-state index contributed by atoms with van der Waals surface area (Å²) in [7, 11) is 0. The number of rotatable bonds is 3. The molecule has 0 heterocycles. The van der Waals surface area contributed by atoms with Gasteiger partial charge < -0.3 is 10.2 Å². The average molecular weight is 154 g/mol. The van der Waals surface area contributed by atoms with E-state index in [2.05, 4.69) is 9.98 Å². The Morgan fingerprint density at radius 2 is 1.30 bits per heavy atom. The molecule has 0 bridgehead atoms. The molecule has 0 aliphatic rings. The Bertz CT molecular complexity index is 98.2. The van der Waals surface area contributed by atoms with Crippen molar-refractivity contribution < 1.29 is 25.0 Å². The van der Waals surface area contributed by atoms with Crippen LogP contribution in [0.4, 0.5) is 4.79 Å². The minimum Gasteiger partial charge on any atom is -0.450 e. The van der Waals surface area contributed by atoms with Crippen LogP contribution in [0.15, 0.2) is 10.7 Å². The molecule has 0 aromatic heterocycles. The van der Waals surface area contributed by atoms with Crippen LogP contribution >= 0.6 is 0 Å². The molecule has 58 valence electrons. The summed E-state index contributed by atoms with van der Waals surface area (Å²) >= 11 is 0. The predicted octanol–water partition coefficient (Wildman–Crippen LogP) is 0.520. The molecule has 0 radical (unpaired) electrons. The molecule has 9 nitrogen and oxygen atoms in total. The summed E-state index contributed by atoms with van der Waals surface area (Å²) in [6.07, 6.45) is -1.83. The van der Waals surface area contributed by atoms with Crippen LogP contribution in [0, 0.1) is 9.81 Å². The summed E-state index contributed by atoms with van der Waals surface area (Å²) < 4.78 is 0. The summed E-state index contributed by atoms with van der Waals surface area (Å²) in [5, 5.41) is 17.3. The highest BCUT2D eigenvalue weighted by Gasteiger charge is 1.71. The lowest BCUT2D eigenvalue weighted by Crippen LogP contribution is -1.81. The van der Waals surface area contributed by atoms with Crippen molar-refractivity contribution >= 4 is 6.16 Å². The first kappa shape index (κ1) is 10.9. The van der Waals surface area contributed by atoms with Crippen LogP contribution in [-0.4, -0.2) is 16.4 Å². The maximum Gasteiger partial charge on any atom is 0.503 e. The Balaban J connectivity index is 0. The molecular weight excluding hydrogens is 152 g/mol. The zero-order chi connectivity index (χ0) is 8.41. The normalized spacial score (nSPS) is 6.00. The Hall–Kier alpha value is -1.93. The van der Waals surface area contributed by atoms with Gasteiger partial charge in [0.15, 0.2) is 0 Å². The fraction of sp³-hybridized carbons (Fsp3) is 0. The third-order valence-corrected chi connectivity index (χ3v) is 0.0942. The molecule has 0 aliphatic carbocycles. The van der Waals surface area contributed by atoms with Gasteiger partial charge in [-0.2, -0.15) is 0 Å². The second-order valence-electron chi connectivity index (χ2n) is 0.581. The van der Waals surface area contributed by atoms with E-state index >= 15 is 0 Å². The molecular formula is CH2N2O7. The molecule has 2 N–H and O–H groups in total. The summed E-state index contributed by atoms with van der Waals surface area (Å²) in [6.45, 7) is 0. The lowest BCUT2D eigenvalue weighted by atomic mass is 11.5. The van der Waals surface area contributed by atoms with E-state index in [0.29, 0.717) is 0 Å².